The molecule has 2 fully saturated rings. The van der Waals surface area contributed by atoms with Crippen molar-refractivity contribution in [2.75, 3.05) is 26.2 Å². The molecule has 2 saturated heterocycles. The van der Waals surface area contributed by atoms with E-state index in [9.17, 15) is 0 Å². The Morgan fingerprint density at radius 3 is 1.56 bits per heavy atom. The Morgan fingerprint density at radius 2 is 1.19 bits per heavy atom. The van der Waals surface area contributed by atoms with Crippen molar-refractivity contribution in [3.63, 3.8) is 0 Å². The van der Waals surface area contributed by atoms with Gasteiger partial charge in [-0.3, -0.25) is 9.34 Å². The molecule has 0 aromatic rings. The summed E-state index contributed by atoms with van der Waals surface area (Å²) in [6.45, 7) is 7.47. The smallest absolute Gasteiger partial charge is 0.0644 e. The monoisotopic (exact) mass is 240 g/mol. The molecule has 0 radical (unpaired) electrons. The summed E-state index contributed by atoms with van der Waals surface area (Å²) in [7, 11) is -0.111. The first-order valence-electron chi connectivity index (χ1n) is 6.83. The molecular formula is C13H25N2P. The van der Waals surface area contributed by atoms with Crippen molar-refractivity contribution in [2.24, 2.45) is 0 Å². The van der Waals surface area contributed by atoms with Crippen LogP contribution in [0.2, 0.25) is 0 Å². The van der Waals surface area contributed by atoms with Crippen molar-refractivity contribution in [1.29, 1.82) is 0 Å². The van der Waals surface area contributed by atoms with E-state index in [4.69, 9.17) is 0 Å². The number of allylic oxidation sites excluding steroid dienone is 1. The first-order valence-corrected chi connectivity index (χ1v) is 8.15. The lowest BCUT2D eigenvalue weighted by atomic mass is 10.2. The third kappa shape index (κ3) is 3.29. The van der Waals surface area contributed by atoms with E-state index >= 15 is 0 Å². The topological polar surface area (TPSA) is 6.48 Å². The summed E-state index contributed by atoms with van der Waals surface area (Å²) in [5, 5.41) is 0. The molecule has 0 bridgehead atoms. The third-order valence-corrected chi connectivity index (χ3v) is 6.05. The lowest BCUT2D eigenvalue weighted by molar-refractivity contribution is 0.314. The lowest BCUT2D eigenvalue weighted by Gasteiger charge is -2.41. The number of hydrogen-bond donors (Lipinski definition) is 0. The number of nitrogens with zero attached hydrogens (tertiary/aromatic N) is 2. The zero-order chi connectivity index (χ0) is 11.2. The number of piperidine rings is 2. The Morgan fingerprint density at radius 1 is 0.750 bits per heavy atom. The summed E-state index contributed by atoms with van der Waals surface area (Å²) < 4.78 is 5.48. The van der Waals surface area contributed by atoms with Gasteiger partial charge < -0.3 is 0 Å². The van der Waals surface area contributed by atoms with Gasteiger partial charge in [-0.25, -0.2) is 0 Å². The fraction of sp³-hybridized carbons (Fsp3) is 0.846. The van der Waals surface area contributed by atoms with Crippen LogP contribution in [0, 0.1) is 0 Å². The molecule has 0 aliphatic carbocycles. The first kappa shape index (κ1) is 12.5. The van der Waals surface area contributed by atoms with Crippen LogP contribution in [0.4, 0.5) is 0 Å². The molecule has 2 nitrogen and oxygen atoms in total. The minimum Gasteiger partial charge on any atom is -0.267 e. The molecule has 2 rings (SSSR count). The molecule has 0 aromatic heterocycles. The molecule has 0 spiro atoms. The van der Waals surface area contributed by atoms with E-state index in [0.717, 1.165) is 0 Å². The average molecular weight is 240 g/mol. The van der Waals surface area contributed by atoms with Gasteiger partial charge in [0.05, 0.1) is 8.22 Å². The molecule has 0 saturated carbocycles. The minimum absolute atomic E-state index is 0.111. The molecule has 2 heterocycles. The molecule has 0 atom stereocenters. The highest BCUT2D eigenvalue weighted by Gasteiger charge is 2.25. The fourth-order valence-corrected chi connectivity index (χ4v) is 5.05. The van der Waals surface area contributed by atoms with Gasteiger partial charge in [-0.05, 0) is 38.4 Å². The maximum atomic E-state index is 2.74. The number of rotatable bonds is 3. The molecule has 3 heteroatoms. The van der Waals surface area contributed by atoms with Gasteiger partial charge in [0.25, 0.3) is 0 Å². The van der Waals surface area contributed by atoms with Crippen LogP contribution in [0.3, 0.4) is 0 Å². The second-order valence-corrected chi connectivity index (χ2v) is 6.90. The molecule has 2 aliphatic rings. The standard InChI is InChI=1S/C13H25N2P/c1-2-13-16(14-9-5-3-6-10-14)15-11-7-4-8-12-15/h2,13H,3-12H2,1H3. The molecule has 0 aromatic carbocycles. The second kappa shape index (κ2) is 6.74. The van der Waals surface area contributed by atoms with E-state index in [0.29, 0.717) is 0 Å². The Balaban J connectivity index is 1.96. The molecule has 2 aliphatic heterocycles. The highest BCUT2D eigenvalue weighted by Crippen LogP contribution is 2.48. The summed E-state index contributed by atoms with van der Waals surface area (Å²) in [6, 6.07) is 0. The minimum atomic E-state index is -0.111. The second-order valence-electron chi connectivity index (χ2n) is 4.83. The predicted octanol–water partition coefficient (Wildman–Crippen LogP) is 3.80. The molecule has 0 N–H and O–H groups in total. The SMILES string of the molecule is CC=CP(N1CCCCC1)N1CCCCC1. The van der Waals surface area contributed by atoms with Gasteiger partial charge in [-0.15, -0.1) is 0 Å². The fourth-order valence-electron chi connectivity index (χ4n) is 2.67. The zero-order valence-electron chi connectivity index (χ0n) is 10.6. The van der Waals surface area contributed by atoms with Crippen LogP contribution < -0.4 is 0 Å². The lowest BCUT2D eigenvalue weighted by Crippen LogP contribution is -2.34. The maximum absolute atomic E-state index is 2.74. The van der Waals surface area contributed by atoms with E-state index in [2.05, 4.69) is 28.2 Å². The molecule has 0 unspecified atom stereocenters. The van der Waals surface area contributed by atoms with Gasteiger partial charge in [-0.2, -0.15) is 0 Å². The van der Waals surface area contributed by atoms with Gasteiger partial charge in [0.1, 0.15) is 0 Å². The van der Waals surface area contributed by atoms with Crippen LogP contribution in [0.25, 0.3) is 0 Å². The van der Waals surface area contributed by atoms with Gasteiger partial charge in [0, 0.05) is 26.2 Å². The Kier molecular flexibility index (Phi) is 5.28. The van der Waals surface area contributed by atoms with Gasteiger partial charge >= 0.3 is 0 Å². The van der Waals surface area contributed by atoms with Crippen molar-refractivity contribution in [3.8, 4) is 0 Å². The maximum Gasteiger partial charge on any atom is 0.0644 e. The molecule has 16 heavy (non-hydrogen) atoms. The Hall–Kier alpha value is 0.0900. The van der Waals surface area contributed by atoms with Crippen LogP contribution in [0.15, 0.2) is 11.9 Å². The summed E-state index contributed by atoms with van der Waals surface area (Å²) in [4.78, 5) is 0. The van der Waals surface area contributed by atoms with E-state index in [-0.39, 0.29) is 8.22 Å². The van der Waals surface area contributed by atoms with Crippen LogP contribution in [-0.2, 0) is 0 Å². The Labute approximate surface area is 102 Å². The van der Waals surface area contributed by atoms with Crippen LogP contribution in [0.5, 0.6) is 0 Å². The van der Waals surface area contributed by atoms with Crippen molar-refractivity contribution in [1.82, 2.24) is 9.34 Å². The van der Waals surface area contributed by atoms with Crippen molar-refractivity contribution < 1.29 is 0 Å². The van der Waals surface area contributed by atoms with Crippen LogP contribution in [0.1, 0.15) is 45.4 Å². The first-order chi connectivity index (χ1) is 7.92. The van der Waals surface area contributed by atoms with Crippen molar-refractivity contribution in [3.05, 3.63) is 11.9 Å². The summed E-state index contributed by atoms with van der Waals surface area (Å²) in [5.74, 6) is 2.46. The predicted molar refractivity (Wildman–Crippen MR) is 72.6 cm³/mol. The van der Waals surface area contributed by atoms with Crippen LogP contribution in [-0.4, -0.2) is 35.5 Å². The van der Waals surface area contributed by atoms with E-state index in [1.54, 1.807) is 0 Å². The van der Waals surface area contributed by atoms with E-state index in [1.807, 2.05) is 0 Å². The highest BCUT2D eigenvalue weighted by atomic mass is 31.1. The Bertz CT molecular complexity index is 200. The summed E-state index contributed by atoms with van der Waals surface area (Å²) >= 11 is 0. The highest BCUT2D eigenvalue weighted by molar-refractivity contribution is 7.56. The van der Waals surface area contributed by atoms with Gasteiger partial charge in [0.15, 0.2) is 0 Å². The van der Waals surface area contributed by atoms with Crippen LogP contribution >= 0.6 is 8.22 Å². The largest absolute Gasteiger partial charge is 0.267 e. The summed E-state index contributed by atoms with van der Waals surface area (Å²) in [5.41, 5.74) is 0. The zero-order valence-corrected chi connectivity index (χ0v) is 11.5. The van der Waals surface area contributed by atoms with E-state index < -0.39 is 0 Å². The van der Waals surface area contributed by atoms with Crippen molar-refractivity contribution >= 4 is 8.22 Å². The third-order valence-electron chi connectivity index (χ3n) is 3.53. The molecular weight excluding hydrogens is 215 g/mol. The number of hydrogen-bond acceptors (Lipinski definition) is 2. The molecule has 0 amide bonds. The van der Waals surface area contributed by atoms with Gasteiger partial charge in [-0.1, -0.05) is 18.9 Å². The molecule has 92 valence electrons. The van der Waals surface area contributed by atoms with E-state index in [1.165, 1.54) is 64.7 Å². The average Bonchev–Trinajstić information content (AvgIpc) is 2.38. The van der Waals surface area contributed by atoms with Gasteiger partial charge in [0.2, 0.25) is 0 Å². The quantitative estimate of drug-likeness (QED) is 0.692. The normalized spacial score (nSPS) is 25.6. The van der Waals surface area contributed by atoms with Crippen molar-refractivity contribution in [2.45, 2.75) is 45.4 Å². The summed E-state index contributed by atoms with van der Waals surface area (Å²) in [6.07, 6.45) is 10.8.